The molecule has 4 nitrogen and oxygen atoms in total. The van der Waals surface area contributed by atoms with Gasteiger partial charge in [0.25, 0.3) is 0 Å². The van der Waals surface area contributed by atoms with Crippen molar-refractivity contribution in [3.05, 3.63) is 112 Å². The van der Waals surface area contributed by atoms with Gasteiger partial charge in [-0.2, -0.15) is 12.6 Å². The third-order valence-corrected chi connectivity index (χ3v) is 8.38. The Kier molecular flexibility index (Phi) is 15.7. The van der Waals surface area contributed by atoms with E-state index in [-0.39, 0.29) is 41.4 Å². The summed E-state index contributed by atoms with van der Waals surface area (Å²) < 4.78 is 0. The van der Waals surface area contributed by atoms with Crippen LogP contribution in [0.5, 0.6) is 0 Å². The standard InChI is InChI=1S/C29H28ClNO.C6H10O2S.C2H6.Na/c1-29(2,32)27-12-4-3-10-23(27)11-6-9-21-7-5-8-22(19-21)13-17-26-18-15-24-14-16-25(30)20-28(24)31-26;7-5(8)3-6(4-9)1-2-6;1-2;/h3-5,7-8,10,12-20,32H,6,9,11H2,1-2H3;9H,1-4H2,(H,7,8);1-2H3;/q;;;+1/p-1/b17-13+;;;. The molecule has 5 rings (SSSR count). The zero-order valence-electron chi connectivity index (χ0n) is 26.6. The van der Waals surface area contributed by atoms with Crippen molar-refractivity contribution in [3.8, 4) is 0 Å². The number of hydrogen-bond acceptors (Lipinski definition) is 5. The number of pyridine rings is 1. The number of aliphatic hydroxyl groups is 1. The third-order valence-electron chi connectivity index (χ3n) is 7.47. The maximum absolute atomic E-state index is 10.4. The summed E-state index contributed by atoms with van der Waals surface area (Å²) in [4.78, 5) is 14.8. The molecule has 4 aromatic rings. The van der Waals surface area contributed by atoms with Crippen molar-refractivity contribution in [1.29, 1.82) is 0 Å². The van der Waals surface area contributed by atoms with Crippen LogP contribution in [-0.2, 0) is 23.2 Å². The molecule has 1 aliphatic carbocycles. The van der Waals surface area contributed by atoms with Gasteiger partial charge in [-0.05, 0) is 110 Å². The molecule has 1 heterocycles. The molecule has 0 unspecified atom stereocenters. The first kappa shape index (κ1) is 38.1. The first-order valence-corrected chi connectivity index (χ1v) is 16.0. The zero-order chi connectivity index (χ0) is 31.5. The maximum atomic E-state index is 10.4. The van der Waals surface area contributed by atoms with E-state index in [1.807, 2.05) is 76.2 Å². The molecule has 0 saturated heterocycles. The molecule has 0 bridgehead atoms. The van der Waals surface area contributed by atoms with Crippen LogP contribution in [0.3, 0.4) is 0 Å². The summed E-state index contributed by atoms with van der Waals surface area (Å²) in [5.41, 5.74) is 5.72. The molecule has 1 aromatic heterocycles. The summed E-state index contributed by atoms with van der Waals surface area (Å²) in [5, 5.41) is 22.3. The Morgan fingerprint density at radius 1 is 1.00 bits per heavy atom. The number of aromatic nitrogens is 1. The number of aryl methyl sites for hydroxylation is 2. The Hall–Kier alpha value is -2.12. The van der Waals surface area contributed by atoms with E-state index < -0.39 is 11.6 Å². The van der Waals surface area contributed by atoms with Crippen LogP contribution in [-0.4, -0.2) is 21.8 Å². The summed E-state index contributed by atoms with van der Waals surface area (Å²) >= 11 is 10.1. The molecule has 0 spiro atoms. The molecule has 44 heavy (non-hydrogen) atoms. The van der Waals surface area contributed by atoms with Gasteiger partial charge in [0.15, 0.2) is 0 Å². The van der Waals surface area contributed by atoms with Crippen LogP contribution in [0.4, 0.5) is 0 Å². The number of fused-ring (bicyclic) bond motifs is 1. The number of carboxylic acids is 1. The van der Waals surface area contributed by atoms with Gasteiger partial charge < -0.3 is 15.0 Å². The molecule has 1 fully saturated rings. The topological polar surface area (TPSA) is 73.2 Å². The van der Waals surface area contributed by atoms with Crippen LogP contribution in [0, 0.1) is 5.41 Å². The van der Waals surface area contributed by atoms with E-state index in [4.69, 9.17) is 16.6 Å². The van der Waals surface area contributed by atoms with Gasteiger partial charge in [-0.1, -0.05) is 92.2 Å². The Balaban J connectivity index is 0.000000480. The van der Waals surface area contributed by atoms with Crippen LogP contribution in [0.1, 0.15) is 81.3 Å². The van der Waals surface area contributed by atoms with Gasteiger partial charge in [0.1, 0.15) is 0 Å². The predicted octanol–water partition coefficient (Wildman–Crippen LogP) is 5.33. The monoisotopic (exact) mass is 639 g/mol. The van der Waals surface area contributed by atoms with E-state index in [9.17, 15) is 15.0 Å². The van der Waals surface area contributed by atoms with Crippen molar-refractivity contribution in [2.75, 3.05) is 5.75 Å². The van der Waals surface area contributed by atoms with Gasteiger partial charge in [0.2, 0.25) is 0 Å². The van der Waals surface area contributed by atoms with Gasteiger partial charge in [-0.3, -0.25) is 0 Å². The number of carbonyl (C=O) groups is 1. The number of carboxylic acid groups (broad SMARTS) is 1. The second-order valence-electron chi connectivity index (χ2n) is 11.4. The summed E-state index contributed by atoms with van der Waals surface area (Å²) in [7, 11) is 0. The van der Waals surface area contributed by atoms with E-state index in [0.717, 1.165) is 59.8 Å². The Morgan fingerprint density at radius 2 is 1.70 bits per heavy atom. The van der Waals surface area contributed by atoms with E-state index >= 15 is 0 Å². The maximum Gasteiger partial charge on any atom is 1.00 e. The van der Waals surface area contributed by atoms with Crippen molar-refractivity contribution in [2.45, 2.75) is 71.8 Å². The third kappa shape index (κ3) is 12.0. The van der Waals surface area contributed by atoms with Crippen molar-refractivity contribution in [2.24, 2.45) is 5.41 Å². The number of thiol groups is 1. The molecule has 3 aromatic carbocycles. The first-order chi connectivity index (χ1) is 20.6. The van der Waals surface area contributed by atoms with E-state index in [0.29, 0.717) is 10.8 Å². The number of rotatable bonds is 10. The van der Waals surface area contributed by atoms with Crippen LogP contribution in [0.15, 0.2) is 78.9 Å². The fraction of sp³-hybridized carbons (Fsp3) is 0.351. The number of benzene rings is 3. The summed E-state index contributed by atoms with van der Waals surface area (Å²) in [5.74, 6) is -0.261. The predicted molar refractivity (Wildman–Crippen MR) is 182 cm³/mol. The van der Waals surface area contributed by atoms with Crippen molar-refractivity contribution >= 4 is 53.3 Å². The normalized spacial score (nSPS) is 13.2. The first-order valence-electron chi connectivity index (χ1n) is 15.0. The summed E-state index contributed by atoms with van der Waals surface area (Å²) in [6, 6.07) is 26.7. The van der Waals surface area contributed by atoms with E-state index in [1.54, 1.807) is 0 Å². The minimum Gasteiger partial charge on any atom is -0.550 e. The number of halogens is 1. The number of carbonyl (C=O) groups excluding carboxylic acids is 1. The molecule has 228 valence electrons. The van der Waals surface area contributed by atoms with Crippen molar-refractivity contribution < 1.29 is 44.6 Å². The van der Waals surface area contributed by atoms with Gasteiger partial charge in [0, 0.05) is 16.4 Å². The second-order valence-corrected chi connectivity index (χ2v) is 12.2. The van der Waals surface area contributed by atoms with Crippen LogP contribution < -0.4 is 34.7 Å². The zero-order valence-corrected chi connectivity index (χ0v) is 30.3. The fourth-order valence-electron chi connectivity index (χ4n) is 4.92. The largest absolute Gasteiger partial charge is 1.00 e. The van der Waals surface area contributed by atoms with Crippen molar-refractivity contribution in [1.82, 2.24) is 4.98 Å². The summed E-state index contributed by atoms with van der Waals surface area (Å²) in [6.07, 6.45) is 9.32. The van der Waals surface area contributed by atoms with Crippen LogP contribution in [0.2, 0.25) is 5.02 Å². The molecule has 0 aliphatic heterocycles. The molecular formula is C37H43ClNNaO3S. The Morgan fingerprint density at radius 3 is 2.34 bits per heavy atom. The molecule has 1 N–H and O–H groups in total. The molecule has 7 heteroatoms. The van der Waals surface area contributed by atoms with E-state index in [1.165, 1.54) is 11.1 Å². The SMILES string of the molecule is CC.CC(C)(O)c1ccccc1CCCc1cccc(/C=C/c2ccc3ccc(Cl)cc3n2)c1.O=C([O-])CC1(CS)CC1.[Na+]. The minimum atomic E-state index is -0.943. The minimum absolute atomic E-state index is 0. The average molecular weight is 640 g/mol. The Bertz CT molecular complexity index is 1530. The number of aliphatic carboxylic acids is 1. The van der Waals surface area contributed by atoms with Gasteiger partial charge in [0.05, 0.1) is 16.8 Å². The van der Waals surface area contributed by atoms with Gasteiger partial charge in [-0.15, -0.1) is 0 Å². The quantitative estimate of drug-likeness (QED) is 0.182. The average Bonchev–Trinajstić information content (AvgIpc) is 3.76. The fourth-order valence-corrected chi connectivity index (χ4v) is 5.52. The number of nitrogens with zero attached hydrogens (tertiary/aromatic N) is 1. The smallest absolute Gasteiger partial charge is 0.550 e. The van der Waals surface area contributed by atoms with Crippen LogP contribution in [0.25, 0.3) is 23.1 Å². The van der Waals surface area contributed by atoms with Crippen LogP contribution >= 0.6 is 24.2 Å². The molecule has 1 saturated carbocycles. The molecule has 0 amide bonds. The van der Waals surface area contributed by atoms with E-state index in [2.05, 4.69) is 55.1 Å². The molecule has 1 aliphatic rings. The summed E-state index contributed by atoms with van der Waals surface area (Å²) in [6.45, 7) is 7.70. The second kappa shape index (κ2) is 18.1. The number of hydrogen-bond donors (Lipinski definition) is 2. The van der Waals surface area contributed by atoms with Gasteiger partial charge in [-0.25, -0.2) is 4.98 Å². The van der Waals surface area contributed by atoms with Gasteiger partial charge >= 0.3 is 29.6 Å². The van der Waals surface area contributed by atoms with Crippen molar-refractivity contribution in [3.63, 3.8) is 0 Å². The molecular weight excluding hydrogens is 597 g/mol. The molecule has 0 radical (unpaired) electrons. The molecule has 0 atom stereocenters. The Labute approximate surface area is 295 Å².